The lowest BCUT2D eigenvalue weighted by Crippen LogP contribution is -2.40. The Labute approximate surface area is 106 Å². The molecular weight excluding hydrogens is 238 g/mol. The van der Waals surface area contributed by atoms with Gasteiger partial charge in [-0.15, -0.1) is 0 Å². The summed E-state index contributed by atoms with van der Waals surface area (Å²) in [6.07, 6.45) is 1.38. The van der Waals surface area contributed by atoms with Gasteiger partial charge in [0.1, 0.15) is 0 Å². The number of hydrogen-bond acceptors (Lipinski definition) is 4. The Bertz CT molecular complexity index is 300. The van der Waals surface area contributed by atoms with Crippen molar-refractivity contribution in [3.63, 3.8) is 0 Å². The molecule has 0 aliphatic carbocycles. The van der Waals surface area contributed by atoms with Crippen LogP contribution in [0.3, 0.4) is 0 Å². The molecule has 0 amide bonds. The van der Waals surface area contributed by atoms with Crippen LogP contribution >= 0.6 is 0 Å². The van der Waals surface area contributed by atoms with E-state index in [9.17, 15) is 8.42 Å². The Morgan fingerprint density at radius 1 is 1.24 bits per heavy atom. The van der Waals surface area contributed by atoms with Crippen molar-refractivity contribution in [1.82, 2.24) is 9.62 Å². The lowest BCUT2D eigenvalue weighted by molar-refractivity contribution is 0.242. The van der Waals surface area contributed by atoms with Crippen LogP contribution in [0.4, 0.5) is 0 Å². The first kappa shape index (κ1) is 16.8. The van der Waals surface area contributed by atoms with Crippen molar-refractivity contribution < 1.29 is 8.42 Å². The van der Waals surface area contributed by atoms with Crippen LogP contribution in [0, 0.1) is 5.41 Å². The van der Waals surface area contributed by atoms with Crippen LogP contribution in [0.25, 0.3) is 0 Å². The SMILES string of the molecule is CN(C)CC(C)(C)CNS(=O)(=O)CCCCN. The summed E-state index contributed by atoms with van der Waals surface area (Å²) >= 11 is 0. The average Bonchev–Trinajstić information content (AvgIpc) is 2.14. The van der Waals surface area contributed by atoms with Crippen LogP contribution < -0.4 is 10.5 Å². The Morgan fingerprint density at radius 2 is 1.82 bits per heavy atom. The molecule has 0 aromatic heterocycles. The molecule has 0 aliphatic rings. The van der Waals surface area contributed by atoms with Crippen molar-refractivity contribution in [3.8, 4) is 0 Å². The molecule has 0 saturated carbocycles. The predicted molar refractivity (Wildman–Crippen MR) is 72.4 cm³/mol. The third-order valence-electron chi connectivity index (χ3n) is 2.38. The lowest BCUT2D eigenvalue weighted by atomic mass is 9.93. The topological polar surface area (TPSA) is 75.4 Å². The summed E-state index contributed by atoms with van der Waals surface area (Å²) in [7, 11) is 0.820. The first-order valence-corrected chi connectivity index (χ1v) is 7.66. The molecule has 0 radical (unpaired) electrons. The number of nitrogens with zero attached hydrogens (tertiary/aromatic N) is 1. The number of hydrogen-bond donors (Lipinski definition) is 2. The molecule has 0 fully saturated rings. The van der Waals surface area contributed by atoms with Crippen LogP contribution in [0.2, 0.25) is 0 Å². The van der Waals surface area contributed by atoms with E-state index in [1.54, 1.807) is 0 Å². The molecule has 6 heteroatoms. The van der Waals surface area contributed by atoms with Crippen LogP contribution in [0.1, 0.15) is 26.7 Å². The maximum absolute atomic E-state index is 11.7. The molecule has 0 bridgehead atoms. The molecule has 0 heterocycles. The summed E-state index contributed by atoms with van der Waals surface area (Å²) in [5.74, 6) is 0.169. The third kappa shape index (κ3) is 9.52. The van der Waals surface area contributed by atoms with Crippen LogP contribution in [-0.2, 0) is 10.0 Å². The smallest absolute Gasteiger partial charge is 0.211 e. The van der Waals surface area contributed by atoms with Crippen LogP contribution in [-0.4, -0.2) is 52.8 Å². The molecule has 0 aromatic rings. The highest BCUT2D eigenvalue weighted by Crippen LogP contribution is 2.14. The molecule has 104 valence electrons. The van der Waals surface area contributed by atoms with E-state index in [2.05, 4.69) is 23.5 Å². The van der Waals surface area contributed by atoms with Crippen molar-refractivity contribution in [2.75, 3.05) is 39.5 Å². The number of rotatable bonds is 9. The second-order valence-corrected chi connectivity index (χ2v) is 7.46. The fourth-order valence-corrected chi connectivity index (χ4v) is 3.07. The summed E-state index contributed by atoms with van der Waals surface area (Å²) < 4.78 is 26.0. The summed E-state index contributed by atoms with van der Waals surface area (Å²) in [4.78, 5) is 2.06. The van der Waals surface area contributed by atoms with Gasteiger partial charge in [-0.2, -0.15) is 0 Å². The monoisotopic (exact) mass is 265 g/mol. The number of nitrogens with two attached hydrogens (primary N) is 1. The zero-order valence-electron chi connectivity index (χ0n) is 11.5. The van der Waals surface area contributed by atoms with Crippen LogP contribution in [0.5, 0.6) is 0 Å². The van der Waals surface area contributed by atoms with Crippen molar-refractivity contribution in [2.24, 2.45) is 11.1 Å². The first-order valence-electron chi connectivity index (χ1n) is 6.01. The van der Waals surface area contributed by atoms with E-state index < -0.39 is 10.0 Å². The van der Waals surface area contributed by atoms with Gasteiger partial charge < -0.3 is 10.6 Å². The minimum absolute atomic E-state index is 0.0650. The standard InChI is InChI=1S/C11H27N3O2S/c1-11(2,10-14(3)4)9-13-17(15,16)8-6-5-7-12/h13H,5-10,12H2,1-4H3. The molecule has 0 aliphatic heterocycles. The van der Waals surface area contributed by atoms with Crippen molar-refractivity contribution >= 4 is 10.0 Å². The highest BCUT2D eigenvalue weighted by molar-refractivity contribution is 7.89. The Kier molecular flexibility index (Phi) is 7.23. The van der Waals surface area contributed by atoms with E-state index in [1.165, 1.54) is 0 Å². The largest absolute Gasteiger partial charge is 0.330 e. The van der Waals surface area contributed by atoms with Gasteiger partial charge in [-0.1, -0.05) is 13.8 Å². The van der Waals surface area contributed by atoms with Gasteiger partial charge in [0.2, 0.25) is 10.0 Å². The van der Waals surface area contributed by atoms with E-state index in [0.717, 1.165) is 13.0 Å². The molecule has 5 nitrogen and oxygen atoms in total. The van der Waals surface area contributed by atoms with Crippen LogP contribution in [0.15, 0.2) is 0 Å². The fourth-order valence-electron chi connectivity index (χ4n) is 1.73. The van der Waals surface area contributed by atoms with Gasteiger partial charge in [0.25, 0.3) is 0 Å². The number of unbranched alkanes of at least 4 members (excludes halogenated alkanes) is 1. The quantitative estimate of drug-likeness (QED) is 0.585. The molecule has 0 unspecified atom stereocenters. The lowest BCUT2D eigenvalue weighted by Gasteiger charge is -2.28. The minimum atomic E-state index is -3.15. The zero-order valence-corrected chi connectivity index (χ0v) is 12.3. The van der Waals surface area contributed by atoms with Gasteiger partial charge in [0.05, 0.1) is 5.75 Å². The molecule has 0 saturated heterocycles. The molecule has 0 rings (SSSR count). The molecule has 0 aromatic carbocycles. The Balaban J connectivity index is 4.08. The van der Waals surface area contributed by atoms with Gasteiger partial charge in [-0.3, -0.25) is 0 Å². The molecule has 0 atom stereocenters. The highest BCUT2D eigenvalue weighted by Gasteiger charge is 2.21. The molecule has 0 spiro atoms. The van der Waals surface area contributed by atoms with E-state index in [-0.39, 0.29) is 11.2 Å². The van der Waals surface area contributed by atoms with Gasteiger partial charge >= 0.3 is 0 Å². The second-order valence-electron chi connectivity index (χ2n) is 5.54. The van der Waals surface area contributed by atoms with Gasteiger partial charge in [-0.25, -0.2) is 13.1 Å². The van der Waals surface area contributed by atoms with Gasteiger partial charge in [0, 0.05) is 13.1 Å². The summed E-state index contributed by atoms with van der Waals surface area (Å²) in [6, 6.07) is 0. The molecule has 17 heavy (non-hydrogen) atoms. The van der Waals surface area contributed by atoms with Gasteiger partial charge in [-0.05, 0) is 38.9 Å². The summed E-state index contributed by atoms with van der Waals surface area (Å²) in [5.41, 5.74) is 5.27. The van der Waals surface area contributed by atoms with E-state index in [4.69, 9.17) is 5.73 Å². The van der Waals surface area contributed by atoms with Crippen molar-refractivity contribution in [2.45, 2.75) is 26.7 Å². The third-order valence-corrected chi connectivity index (χ3v) is 3.79. The Morgan fingerprint density at radius 3 is 2.29 bits per heavy atom. The van der Waals surface area contributed by atoms with E-state index in [0.29, 0.717) is 19.5 Å². The molecular formula is C11H27N3O2S. The highest BCUT2D eigenvalue weighted by atomic mass is 32.2. The minimum Gasteiger partial charge on any atom is -0.330 e. The second kappa shape index (κ2) is 7.31. The average molecular weight is 265 g/mol. The summed E-state index contributed by atoms with van der Waals surface area (Å²) in [6.45, 7) is 5.96. The normalized spacial score (nSPS) is 13.3. The van der Waals surface area contributed by atoms with E-state index >= 15 is 0 Å². The Hall–Kier alpha value is -0.170. The number of sulfonamides is 1. The summed E-state index contributed by atoms with van der Waals surface area (Å²) in [5, 5.41) is 0. The zero-order chi connectivity index (χ0) is 13.5. The first-order chi connectivity index (χ1) is 7.68. The number of nitrogens with one attached hydrogen (secondary N) is 1. The van der Waals surface area contributed by atoms with E-state index in [1.807, 2.05) is 14.1 Å². The maximum Gasteiger partial charge on any atom is 0.211 e. The van der Waals surface area contributed by atoms with Crippen molar-refractivity contribution in [1.29, 1.82) is 0 Å². The fraction of sp³-hybridized carbons (Fsp3) is 1.00. The maximum atomic E-state index is 11.7. The van der Waals surface area contributed by atoms with Gasteiger partial charge in [0.15, 0.2) is 0 Å². The molecule has 3 N–H and O–H groups in total. The van der Waals surface area contributed by atoms with Crippen molar-refractivity contribution in [3.05, 3.63) is 0 Å². The predicted octanol–water partition coefficient (Wildman–Crippen LogP) is 0.233.